The van der Waals surface area contributed by atoms with Gasteiger partial charge in [0.05, 0.1) is 5.56 Å². The van der Waals surface area contributed by atoms with Gasteiger partial charge in [-0.1, -0.05) is 12.8 Å². The molecule has 170 valence electrons. The predicted molar refractivity (Wildman–Crippen MR) is 99.9 cm³/mol. The third-order valence-corrected chi connectivity index (χ3v) is 5.08. The number of nitrogens with zero attached hydrogens (tertiary/aromatic N) is 2. The first kappa shape index (κ1) is 22.9. The maximum absolute atomic E-state index is 12.8. The fourth-order valence-electron chi connectivity index (χ4n) is 3.37. The van der Waals surface area contributed by atoms with Crippen LogP contribution in [0.3, 0.4) is 0 Å². The van der Waals surface area contributed by atoms with Gasteiger partial charge in [-0.05, 0) is 37.1 Å². The van der Waals surface area contributed by atoms with Gasteiger partial charge in [-0.25, -0.2) is 0 Å². The molecule has 31 heavy (non-hydrogen) atoms. The zero-order valence-corrected chi connectivity index (χ0v) is 16.4. The van der Waals surface area contributed by atoms with E-state index in [1.54, 1.807) is 0 Å². The second-order valence-corrected chi connectivity index (χ2v) is 7.35. The number of H-pyrrole nitrogens is 1. The molecule has 0 radical (unpaired) electrons. The van der Waals surface area contributed by atoms with E-state index in [0.717, 1.165) is 56.0 Å². The first-order valence-corrected chi connectivity index (χ1v) is 9.55. The minimum absolute atomic E-state index is 0.00790. The van der Waals surface area contributed by atoms with Crippen LogP contribution in [0.15, 0.2) is 30.3 Å². The summed E-state index contributed by atoms with van der Waals surface area (Å²) in [7, 11) is 1.40. The second kappa shape index (κ2) is 8.77. The minimum Gasteiger partial charge on any atom is -0.336 e. The first-order valence-electron chi connectivity index (χ1n) is 9.55. The van der Waals surface area contributed by atoms with Gasteiger partial charge in [-0.15, -0.1) is 0 Å². The Morgan fingerprint density at radius 3 is 2.23 bits per heavy atom. The van der Waals surface area contributed by atoms with Crippen molar-refractivity contribution in [2.75, 3.05) is 12.4 Å². The highest BCUT2D eigenvalue weighted by atomic mass is 19.4. The van der Waals surface area contributed by atoms with Crippen molar-refractivity contribution in [1.82, 2.24) is 20.4 Å². The number of alkyl halides is 6. The molecule has 1 amide bonds. The lowest BCUT2D eigenvalue weighted by atomic mass is 10.1. The molecule has 1 saturated carbocycles. The topological polar surface area (TPSA) is 73.0 Å². The molecule has 0 saturated heterocycles. The van der Waals surface area contributed by atoms with Crippen molar-refractivity contribution < 1.29 is 31.1 Å². The summed E-state index contributed by atoms with van der Waals surface area (Å²) in [6, 6.07) is 4.53. The van der Waals surface area contributed by atoms with E-state index in [1.165, 1.54) is 11.9 Å². The number of benzene rings is 1. The zero-order chi connectivity index (χ0) is 22.8. The monoisotopic (exact) mass is 449 g/mol. The number of anilines is 1. The van der Waals surface area contributed by atoms with Crippen molar-refractivity contribution in [3.05, 3.63) is 47.2 Å². The van der Waals surface area contributed by atoms with Crippen LogP contribution in [-0.4, -0.2) is 40.4 Å². The highest BCUT2D eigenvalue weighted by Crippen LogP contribution is 2.30. The molecular formula is C19H21F6N5O. The molecule has 1 aromatic heterocycles. The number of amides is 1. The molecule has 1 aliphatic rings. The number of aromatic nitrogens is 2. The lowest BCUT2D eigenvalue weighted by Crippen LogP contribution is -2.54. The third-order valence-electron chi connectivity index (χ3n) is 5.08. The molecule has 1 fully saturated rings. The standard InChI is InChI=1S/C19H21F6N5O/c1-30(16(31)11-6-8-12(9-7-11)18(20,21)22)17(26-13-4-2-3-5-13)27-15-10-14(28-29-15)19(23,24)25/h6-10,13,17,26H,2-5H2,1H3,(H2,27,28,29). The molecule has 0 spiro atoms. The van der Waals surface area contributed by atoms with Crippen LogP contribution in [0.5, 0.6) is 0 Å². The molecule has 1 aromatic carbocycles. The molecule has 0 bridgehead atoms. The Kier molecular flexibility index (Phi) is 6.48. The Labute approximate surface area is 174 Å². The summed E-state index contributed by atoms with van der Waals surface area (Å²) in [5, 5.41) is 11.4. The maximum Gasteiger partial charge on any atom is 0.432 e. The highest BCUT2D eigenvalue weighted by Gasteiger charge is 2.34. The summed E-state index contributed by atoms with van der Waals surface area (Å²) in [5.41, 5.74) is -1.93. The number of carbonyl (C=O) groups is 1. The van der Waals surface area contributed by atoms with Crippen LogP contribution in [0.2, 0.25) is 0 Å². The molecular weight excluding hydrogens is 428 g/mol. The van der Waals surface area contributed by atoms with Crippen molar-refractivity contribution >= 4 is 11.7 Å². The van der Waals surface area contributed by atoms with E-state index in [1.807, 2.05) is 5.10 Å². The average molecular weight is 449 g/mol. The molecule has 6 nitrogen and oxygen atoms in total. The summed E-state index contributed by atoms with van der Waals surface area (Å²) >= 11 is 0. The number of hydrogen-bond donors (Lipinski definition) is 3. The van der Waals surface area contributed by atoms with Crippen LogP contribution >= 0.6 is 0 Å². The predicted octanol–water partition coefficient (Wildman–Crippen LogP) is 4.45. The number of carbonyl (C=O) groups excluding carboxylic acids is 1. The lowest BCUT2D eigenvalue weighted by molar-refractivity contribution is -0.141. The summed E-state index contributed by atoms with van der Waals surface area (Å²) in [5.74, 6) is -0.738. The van der Waals surface area contributed by atoms with Crippen LogP contribution in [0.25, 0.3) is 0 Å². The minimum atomic E-state index is -4.61. The Bertz CT molecular complexity index is 886. The number of rotatable bonds is 6. The fourth-order valence-corrected chi connectivity index (χ4v) is 3.37. The van der Waals surface area contributed by atoms with Crippen LogP contribution < -0.4 is 10.6 Å². The molecule has 12 heteroatoms. The van der Waals surface area contributed by atoms with Crippen LogP contribution in [0.1, 0.15) is 47.3 Å². The van der Waals surface area contributed by atoms with Gasteiger partial charge in [0.1, 0.15) is 5.69 Å². The first-order chi connectivity index (χ1) is 14.4. The van der Waals surface area contributed by atoms with Gasteiger partial charge < -0.3 is 10.2 Å². The quantitative estimate of drug-likeness (QED) is 0.450. The van der Waals surface area contributed by atoms with E-state index >= 15 is 0 Å². The third kappa shape index (κ3) is 5.69. The van der Waals surface area contributed by atoms with Gasteiger partial charge in [0.2, 0.25) is 0 Å². The Morgan fingerprint density at radius 2 is 1.71 bits per heavy atom. The van der Waals surface area contributed by atoms with Crippen LogP contribution in [0.4, 0.5) is 32.2 Å². The molecule has 1 heterocycles. The normalized spacial score (nSPS) is 16.4. The van der Waals surface area contributed by atoms with Crippen molar-refractivity contribution in [3.63, 3.8) is 0 Å². The van der Waals surface area contributed by atoms with E-state index in [2.05, 4.69) is 15.7 Å². The summed E-state index contributed by atoms with van der Waals surface area (Å²) < 4.78 is 76.8. The van der Waals surface area contributed by atoms with Crippen molar-refractivity contribution in [1.29, 1.82) is 0 Å². The van der Waals surface area contributed by atoms with Gasteiger partial charge in [0, 0.05) is 24.7 Å². The van der Waals surface area contributed by atoms with Crippen molar-refractivity contribution in [2.45, 2.75) is 50.4 Å². The number of aromatic amines is 1. The molecule has 3 rings (SSSR count). The number of nitrogens with one attached hydrogen (secondary N) is 3. The molecule has 2 aromatic rings. The summed E-state index contributed by atoms with van der Waals surface area (Å²) in [6.07, 6.45) is -6.46. The summed E-state index contributed by atoms with van der Waals surface area (Å²) in [6.45, 7) is 0. The number of halogens is 6. The van der Waals surface area contributed by atoms with Gasteiger partial charge in [-0.3, -0.25) is 15.2 Å². The molecule has 3 N–H and O–H groups in total. The van der Waals surface area contributed by atoms with E-state index in [9.17, 15) is 31.1 Å². The van der Waals surface area contributed by atoms with Gasteiger partial charge in [0.15, 0.2) is 12.1 Å². The van der Waals surface area contributed by atoms with E-state index in [-0.39, 0.29) is 17.4 Å². The van der Waals surface area contributed by atoms with Crippen molar-refractivity contribution in [2.24, 2.45) is 0 Å². The Hall–Kier alpha value is -2.76. The summed E-state index contributed by atoms with van der Waals surface area (Å²) in [4.78, 5) is 14.0. The van der Waals surface area contributed by atoms with Gasteiger partial charge in [-0.2, -0.15) is 31.4 Å². The molecule has 1 unspecified atom stereocenters. The smallest absolute Gasteiger partial charge is 0.336 e. The Balaban J connectivity index is 1.78. The average Bonchev–Trinajstić information content (AvgIpc) is 3.37. The van der Waals surface area contributed by atoms with Crippen LogP contribution in [-0.2, 0) is 12.4 Å². The fraction of sp³-hybridized carbons (Fsp3) is 0.474. The molecule has 1 aliphatic carbocycles. The number of hydrogen-bond acceptors (Lipinski definition) is 4. The van der Waals surface area contributed by atoms with Crippen molar-refractivity contribution in [3.8, 4) is 0 Å². The zero-order valence-electron chi connectivity index (χ0n) is 16.4. The van der Waals surface area contributed by atoms with Crippen LogP contribution in [0, 0.1) is 0 Å². The van der Waals surface area contributed by atoms with Gasteiger partial charge >= 0.3 is 12.4 Å². The maximum atomic E-state index is 12.8. The van der Waals surface area contributed by atoms with Gasteiger partial charge in [0.25, 0.3) is 5.91 Å². The van der Waals surface area contributed by atoms with E-state index in [0.29, 0.717) is 0 Å². The lowest BCUT2D eigenvalue weighted by Gasteiger charge is -2.32. The molecule has 1 atom stereocenters. The Morgan fingerprint density at radius 1 is 1.10 bits per heavy atom. The second-order valence-electron chi connectivity index (χ2n) is 7.35. The highest BCUT2D eigenvalue weighted by molar-refractivity contribution is 5.94. The largest absolute Gasteiger partial charge is 0.432 e. The van der Waals surface area contributed by atoms with E-state index in [4.69, 9.17) is 0 Å². The molecule has 0 aliphatic heterocycles. The SMILES string of the molecule is CN(C(=O)c1ccc(C(F)(F)F)cc1)C(Nc1cc(C(F)(F)F)[nH]n1)NC1CCCC1. The van der Waals surface area contributed by atoms with E-state index < -0.39 is 35.8 Å².